The fourth-order valence-corrected chi connectivity index (χ4v) is 3.61. The Balaban J connectivity index is 1.68. The molecule has 1 amide bonds. The van der Waals surface area contributed by atoms with E-state index in [9.17, 15) is 4.79 Å². The fraction of sp³-hybridized carbons (Fsp3) is 0.467. The number of hydrogen-bond acceptors (Lipinski definition) is 4. The van der Waals surface area contributed by atoms with E-state index >= 15 is 0 Å². The number of hydrogen-bond donors (Lipinski definition) is 3. The number of nitrogens with two attached hydrogens (primary N) is 1. The van der Waals surface area contributed by atoms with Crippen LogP contribution < -0.4 is 11.1 Å². The summed E-state index contributed by atoms with van der Waals surface area (Å²) in [6.45, 7) is 0.631. The summed E-state index contributed by atoms with van der Waals surface area (Å²) in [6.07, 6.45) is 4.47. The Labute approximate surface area is 127 Å². The minimum Gasteiger partial charge on any atom is -0.348 e. The minimum atomic E-state index is -0.112. The van der Waals surface area contributed by atoms with Gasteiger partial charge in [-0.15, -0.1) is 11.3 Å². The van der Waals surface area contributed by atoms with Gasteiger partial charge in [0.1, 0.15) is 0 Å². The highest BCUT2D eigenvalue weighted by Crippen LogP contribution is 2.25. The van der Waals surface area contributed by atoms with Crippen molar-refractivity contribution in [2.45, 2.75) is 31.7 Å². The zero-order valence-corrected chi connectivity index (χ0v) is 12.7. The topological polar surface area (TPSA) is 83.8 Å². The number of carbonyl (C=O) groups excluding carboxylic acids is 1. The lowest BCUT2D eigenvalue weighted by Crippen LogP contribution is -2.44. The highest BCUT2D eigenvalue weighted by Gasteiger charge is 2.26. The van der Waals surface area contributed by atoms with Crippen LogP contribution in [0.25, 0.3) is 10.6 Å². The lowest BCUT2D eigenvalue weighted by molar-refractivity contribution is 0.0903. The van der Waals surface area contributed by atoms with Crippen LogP contribution >= 0.6 is 11.3 Å². The van der Waals surface area contributed by atoms with Gasteiger partial charge < -0.3 is 11.1 Å². The van der Waals surface area contributed by atoms with Crippen molar-refractivity contribution in [1.29, 1.82) is 0 Å². The van der Waals surface area contributed by atoms with Gasteiger partial charge in [0.05, 0.1) is 10.6 Å². The van der Waals surface area contributed by atoms with E-state index in [0.29, 0.717) is 18.2 Å². The van der Waals surface area contributed by atoms with E-state index in [1.165, 1.54) is 6.42 Å². The third kappa shape index (κ3) is 3.16. The molecule has 2 heterocycles. The van der Waals surface area contributed by atoms with Gasteiger partial charge in [0.25, 0.3) is 5.91 Å². The first kappa shape index (κ1) is 14.3. The molecule has 21 heavy (non-hydrogen) atoms. The minimum absolute atomic E-state index is 0.112. The van der Waals surface area contributed by atoms with Gasteiger partial charge in [0.15, 0.2) is 5.69 Å². The molecule has 4 N–H and O–H groups in total. The van der Waals surface area contributed by atoms with Crippen LogP contribution in [0.5, 0.6) is 0 Å². The summed E-state index contributed by atoms with van der Waals surface area (Å²) >= 11 is 1.62. The number of nitrogens with one attached hydrogen (secondary N) is 2. The maximum atomic E-state index is 12.3. The molecule has 0 aliphatic heterocycles. The van der Waals surface area contributed by atoms with Crippen LogP contribution in [0.1, 0.15) is 36.2 Å². The molecular formula is C15H20N4OS. The van der Waals surface area contributed by atoms with Gasteiger partial charge in [-0.05, 0) is 42.8 Å². The monoisotopic (exact) mass is 304 g/mol. The van der Waals surface area contributed by atoms with E-state index in [1.807, 2.05) is 17.5 Å². The second kappa shape index (κ2) is 6.41. The lowest BCUT2D eigenvalue weighted by Gasteiger charge is -2.31. The summed E-state index contributed by atoms with van der Waals surface area (Å²) in [4.78, 5) is 13.4. The van der Waals surface area contributed by atoms with Gasteiger partial charge in [-0.25, -0.2) is 0 Å². The Morgan fingerprint density at radius 3 is 3.10 bits per heavy atom. The van der Waals surface area contributed by atoms with Gasteiger partial charge in [0.2, 0.25) is 0 Å². The number of aromatic nitrogens is 2. The predicted octanol–water partition coefficient (Wildman–Crippen LogP) is 2.39. The molecular weight excluding hydrogens is 284 g/mol. The van der Waals surface area contributed by atoms with Gasteiger partial charge in [-0.2, -0.15) is 5.10 Å². The number of H-pyrrole nitrogens is 1. The van der Waals surface area contributed by atoms with Gasteiger partial charge in [-0.3, -0.25) is 9.89 Å². The van der Waals surface area contributed by atoms with E-state index in [0.717, 1.165) is 29.8 Å². The van der Waals surface area contributed by atoms with Crippen LogP contribution in [0, 0.1) is 5.92 Å². The average Bonchev–Trinajstić information content (AvgIpc) is 3.18. The first-order valence-electron chi connectivity index (χ1n) is 7.38. The summed E-state index contributed by atoms with van der Waals surface area (Å²) < 4.78 is 0. The van der Waals surface area contributed by atoms with Crippen LogP contribution in [0.15, 0.2) is 23.6 Å². The normalized spacial score (nSPS) is 22.1. The van der Waals surface area contributed by atoms with Gasteiger partial charge in [0, 0.05) is 6.04 Å². The number of aromatic amines is 1. The smallest absolute Gasteiger partial charge is 0.272 e. The average molecular weight is 304 g/mol. The van der Waals surface area contributed by atoms with Crippen molar-refractivity contribution in [3.8, 4) is 10.6 Å². The summed E-state index contributed by atoms with van der Waals surface area (Å²) in [5, 5.41) is 12.2. The molecule has 5 nitrogen and oxygen atoms in total. The summed E-state index contributed by atoms with van der Waals surface area (Å²) in [7, 11) is 0. The van der Waals surface area contributed by atoms with Crippen molar-refractivity contribution in [3.63, 3.8) is 0 Å². The molecule has 0 bridgehead atoms. The molecule has 0 aromatic carbocycles. The maximum Gasteiger partial charge on any atom is 0.272 e. The molecule has 3 rings (SSSR count). The number of rotatable bonds is 4. The van der Waals surface area contributed by atoms with Crippen molar-refractivity contribution >= 4 is 17.2 Å². The van der Waals surface area contributed by atoms with E-state index in [4.69, 9.17) is 5.73 Å². The molecule has 0 spiro atoms. The number of thiophene rings is 1. The Morgan fingerprint density at radius 1 is 1.48 bits per heavy atom. The molecule has 2 aromatic rings. The fourth-order valence-electron chi connectivity index (χ4n) is 2.92. The number of carbonyl (C=O) groups is 1. The summed E-state index contributed by atoms with van der Waals surface area (Å²) in [5.41, 5.74) is 7.13. The molecule has 1 fully saturated rings. The van der Waals surface area contributed by atoms with Crippen molar-refractivity contribution in [2.24, 2.45) is 11.7 Å². The number of nitrogens with zero attached hydrogens (tertiary/aromatic N) is 1. The SMILES string of the molecule is NCC1CCCCC1NC(=O)c1cc(-c2cccs2)[nH]n1. The first-order chi connectivity index (χ1) is 10.3. The lowest BCUT2D eigenvalue weighted by atomic mass is 9.84. The molecule has 112 valence electrons. The first-order valence-corrected chi connectivity index (χ1v) is 8.26. The second-order valence-electron chi connectivity index (χ2n) is 5.50. The van der Waals surface area contributed by atoms with Crippen molar-refractivity contribution < 1.29 is 4.79 Å². The third-order valence-electron chi connectivity index (χ3n) is 4.13. The van der Waals surface area contributed by atoms with E-state index in [2.05, 4.69) is 15.5 Å². The molecule has 2 aromatic heterocycles. The second-order valence-corrected chi connectivity index (χ2v) is 6.45. The molecule has 1 aliphatic rings. The van der Waals surface area contributed by atoms with Crippen molar-refractivity contribution in [3.05, 3.63) is 29.3 Å². The quantitative estimate of drug-likeness (QED) is 0.811. The largest absolute Gasteiger partial charge is 0.348 e. The van der Waals surface area contributed by atoms with Crippen LogP contribution in [-0.4, -0.2) is 28.7 Å². The predicted molar refractivity (Wildman–Crippen MR) is 84.2 cm³/mol. The van der Waals surface area contributed by atoms with Crippen molar-refractivity contribution in [2.75, 3.05) is 6.54 Å². The summed E-state index contributed by atoms with van der Waals surface area (Å²) in [6, 6.07) is 5.97. The Kier molecular flexibility index (Phi) is 4.36. The highest BCUT2D eigenvalue weighted by molar-refractivity contribution is 7.13. The zero-order chi connectivity index (χ0) is 14.7. The molecule has 1 saturated carbocycles. The molecule has 0 saturated heterocycles. The molecule has 6 heteroatoms. The Morgan fingerprint density at radius 2 is 2.33 bits per heavy atom. The standard InChI is InChI=1S/C15H20N4OS/c16-9-10-4-1-2-5-11(10)17-15(20)13-8-12(18-19-13)14-6-3-7-21-14/h3,6-8,10-11H,1-2,4-5,9,16H2,(H,17,20)(H,18,19). The molecule has 2 atom stereocenters. The van der Waals surface area contributed by atoms with Crippen LogP contribution in [-0.2, 0) is 0 Å². The maximum absolute atomic E-state index is 12.3. The molecule has 1 aliphatic carbocycles. The Hall–Kier alpha value is -1.66. The molecule has 0 radical (unpaired) electrons. The van der Waals surface area contributed by atoms with Crippen molar-refractivity contribution in [1.82, 2.24) is 15.5 Å². The van der Waals surface area contributed by atoms with E-state index in [1.54, 1.807) is 17.4 Å². The Bertz CT molecular complexity index is 593. The molecule has 2 unspecified atom stereocenters. The van der Waals surface area contributed by atoms with E-state index in [-0.39, 0.29) is 11.9 Å². The number of amides is 1. The van der Waals surface area contributed by atoms with Crippen LogP contribution in [0.2, 0.25) is 0 Å². The third-order valence-corrected chi connectivity index (χ3v) is 5.03. The van der Waals surface area contributed by atoms with Gasteiger partial charge >= 0.3 is 0 Å². The summed E-state index contributed by atoms with van der Waals surface area (Å²) in [5.74, 6) is 0.276. The highest BCUT2D eigenvalue weighted by atomic mass is 32.1. The van der Waals surface area contributed by atoms with Gasteiger partial charge in [-0.1, -0.05) is 18.9 Å². The van der Waals surface area contributed by atoms with Crippen LogP contribution in [0.4, 0.5) is 0 Å². The van der Waals surface area contributed by atoms with E-state index < -0.39 is 0 Å². The zero-order valence-electron chi connectivity index (χ0n) is 11.8. The van der Waals surface area contributed by atoms with Crippen LogP contribution in [0.3, 0.4) is 0 Å².